The summed E-state index contributed by atoms with van der Waals surface area (Å²) in [5.74, 6) is 0.199. The molecular formula is C12H16ClNO. The van der Waals surface area contributed by atoms with Gasteiger partial charge in [0.05, 0.1) is 0 Å². The van der Waals surface area contributed by atoms with Gasteiger partial charge in [-0.25, -0.2) is 0 Å². The highest BCUT2D eigenvalue weighted by Crippen LogP contribution is 2.13. The molecule has 2 atom stereocenters. The lowest BCUT2D eigenvalue weighted by Gasteiger charge is -2.13. The monoisotopic (exact) mass is 225 g/mol. The fraction of sp³-hybridized carbons (Fsp3) is 0.417. The van der Waals surface area contributed by atoms with Gasteiger partial charge in [0.2, 0.25) is 5.91 Å². The van der Waals surface area contributed by atoms with Crippen molar-refractivity contribution >= 4 is 17.5 Å². The van der Waals surface area contributed by atoms with Crippen LogP contribution in [0.3, 0.4) is 0 Å². The third-order valence-corrected chi connectivity index (χ3v) is 2.51. The molecule has 0 aliphatic carbocycles. The Balaban J connectivity index is 2.44. The highest BCUT2D eigenvalue weighted by Gasteiger charge is 2.10. The molecule has 0 saturated carbocycles. The van der Waals surface area contributed by atoms with Crippen LogP contribution in [0, 0.1) is 0 Å². The van der Waals surface area contributed by atoms with Gasteiger partial charge in [-0.05, 0) is 18.4 Å². The normalized spacial score (nSPS) is 14.3. The molecule has 1 amide bonds. The molecule has 0 radical (unpaired) electrons. The second kappa shape index (κ2) is 5.76. The average Bonchev–Trinajstić information content (AvgIpc) is 2.26. The van der Waals surface area contributed by atoms with Gasteiger partial charge < -0.3 is 5.32 Å². The maximum Gasteiger partial charge on any atom is 0.237 e. The van der Waals surface area contributed by atoms with Gasteiger partial charge in [-0.3, -0.25) is 4.79 Å². The van der Waals surface area contributed by atoms with Crippen molar-refractivity contribution in [3.8, 4) is 0 Å². The third kappa shape index (κ3) is 3.92. The molecule has 0 saturated heterocycles. The Morgan fingerprint density at radius 3 is 2.47 bits per heavy atom. The number of alkyl halides is 1. The zero-order valence-electron chi connectivity index (χ0n) is 9.03. The van der Waals surface area contributed by atoms with Crippen LogP contribution in [0.1, 0.15) is 25.3 Å². The first-order valence-electron chi connectivity index (χ1n) is 5.08. The van der Waals surface area contributed by atoms with E-state index in [2.05, 4.69) is 24.4 Å². The van der Waals surface area contributed by atoms with E-state index in [0.29, 0.717) is 12.5 Å². The molecule has 82 valence electrons. The molecule has 3 heteroatoms. The summed E-state index contributed by atoms with van der Waals surface area (Å²) in [7, 11) is 0. The molecule has 0 bridgehead atoms. The fourth-order valence-corrected chi connectivity index (χ4v) is 1.37. The maximum absolute atomic E-state index is 11.2. The van der Waals surface area contributed by atoms with E-state index in [0.717, 1.165) is 0 Å². The molecule has 1 N–H and O–H groups in total. The molecule has 0 aliphatic rings. The minimum atomic E-state index is -0.465. The molecule has 1 aromatic rings. The summed E-state index contributed by atoms with van der Waals surface area (Å²) in [6.07, 6.45) is 0. The highest BCUT2D eigenvalue weighted by molar-refractivity contribution is 6.30. The van der Waals surface area contributed by atoms with Crippen molar-refractivity contribution in [2.45, 2.75) is 25.1 Å². The van der Waals surface area contributed by atoms with Crippen LogP contribution in [0.2, 0.25) is 0 Å². The summed E-state index contributed by atoms with van der Waals surface area (Å²) >= 11 is 5.65. The Kier molecular flexibility index (Phi) is 4.63. The zero-order chi connectivity index (χ0) is 11.3. The molecule has 0 fully saturated rings. The maximum atomic E-state index is 11.2. The minimum absolute atomic E-state index is 0.112. The van der Waals surface area contributed by atoms with E-state index in [-0.39, 0.29) is 5.91 Å². The Hall–Kier alpha value is -1.02. The molecule has 1 aromatic carbocycles. The number of carbonyl (C=O) groups excluding carboxylic acids is 1. The second-order valence-corrected chi connectivity index (χ2v) is 4.33. The van der Waals surface area contributed by atoms with E-state index < -0.39 is 5.38 Å². The van der Waals surface area contributed by atoms with Crippen LogP contribution >= 0.6 is 11.6 Å². The molecule has 0 aliphatic heterocycles. The van der Waals surface area contributed by atoms with Crippen LogP contribution in [0.15, 0.2) is 30.3 Å². The van der Waals surface area contributed by atoms with E-state index >= 15 is 0 Å². The van der Waals surface area contributed by atoms with Crippen molar-refractivity contribution in [3.63, 3.8) is 0 Å². The predicted octanol–water partition coefficient (Wildman–Crippen LogP) is 2.53. The van der Waals surface area contributed by atoms with Gasteiger partial charge in [0.1, 0.15) is 5.38 Å². The van der Waals surface area contributed by atoms with E-state index in [1.165, 1.54) is 5.56 Å². The Morgan fingerprint density at radius 1 is 1.33 bits per heavy atom. The fourth-order valence-electron chi connectivity index (χ4n) is 1.29. The van der Waals surface area contributed by atoms with Crippen molar-refractivity contribution in [1.82, 2.24) is 5.32 Å². The summed E-state index contributed by atoms with van der Waals surface area (Å²) < 4.78 is 0. The van der Waals surface area contributed by atoms with Crippen molar-refractivity contribution < 1.29 is 4.79 Å². The zero-order valence-corrected chi connectivity index (χ0v) is 9.79. The van der Waals surface area contributed by atoms with Crippen LogP contribution < -0.4 is 5.32 Å². The van der Waals surface area contributed by atoms with Gasteiger partial charge in [0, 0.05) is 6.54 Å². The van der Waals surface area contributed by atoms with E-state index in [9.17, 15) is 4.79 Å². The minimum Gasteiger partial charge on any atom is -0.354 e. The van der Waals surface area contributed by atoms with Crippen LogP contribution in [0.4, 0.5) is 0 Å². The topological polar surface area (TPSA) is 29.1 Å². The molecular weight excluding hydrogens is 210 g/mol. The van der Waals surface area contributed by atoms with Crippen molar-refractivity contribution in [3.05, 3.63) is 35.9 Å². The standard InChI is InChI=1S/C12H16ClNO/c1-9(8-14-12(15)10(2)13)11-6-4-3-5-7-11/h3-7,9-10H,8H2,1-2H3,(H,14,15)/t9-,10+/m0/s1. The van der Waals surface area contributed by atoms with Gasteiger partial charge in [-0.2, -0.15) is 0 Å². The summed E-state index contributed by atoms with van der Waals surface area (Å²) in [5.41, 5.74) is 1.22. The van der Waals surface area contributed by atoms with Gasteiger partial charge in [-0.1, -0.05) is 37.3 Å². The van der Waals surface area contributed by atoms with E-state index in [4.69, 9.17) is 11.6 Å². The number of halogens is 1. The first kappa shape index (κ1) is 12.1. The lowest BCUT2D eigenvalue weighted by Crippen LogP contribution is -2.32. The van der Waals surface area contributed by atoms with Crippen LogP contribution in [-0.2, 0) is 4.79 Å². The van der Waals surface area contributed by atoms with Crippen molar-refractivity contribution in [1.29, 1.82) is 0 Å². The predicted molar refractivity (Wildman–Crippen MR) is 63.2 cm³/mol. The van der Waals surface area contributed by atoms with Crippen LogP contribution in [0.25, 0.3) is 0 Å². The Labute approximate surface area is 95.6 Å². The largest absolute Gasteiger partial charge is 0.354 e. The summed E-state index contributed by atoms with van der Waals surface area (Å²) in [4.78, 5) is 11.2. The number of hydrogen-bond acceptors (Lipinski definition) is 1. The summed E-state index contributed by atoms with van der Waals surface area (Å²) in [5, 5.41) is 2.34. The molecule has 15 heavy (non-hydrogen) atoms. The first-order chi connectivity index (χ1) is 7.11. The first-order valence-corrected chi connectivity index (χ1v) is 5.51. The van der Waals surface area contributed by atoms with E-state index in [1.807, 2.05) is 18.2 Å². The number of hydrogen-bond donors (Lipinski definition) is 1. The number of benzene rings is 1. The summed E-state index contributed by atoms with van der Waals surface area (Å²) in [6.45, 7) is 4.37. The SMILES string of the molecule is C[C@@H](Cl)C(=O)NC[C@H](C)c1ccccc1. The van der Waals surface area contributed by atoms with Gasteiger partial charge in [-0.15, -0.1) is 11.6 Å². The number of nitrogens with one attached hydrogen (secondary N) is 1. The molecule has 1 rings (SSSR count). The van der Waals surface area contributed by atoms with Gasteiger partial charge >= 0.3 is 0 Å². The number of amides is 1. The Morgan fingerprint density at radius 2 is 1.93 bits per heavy atom. The van der Waals surface area contributed by atoms with Crippen LogP contribution in [0.5, 0.6) is 0 Å². The second-order valence-electron chi connectivity index (χ2n) is 3.67. The van der Waals surface area contributed by atoms with Gasteiger partial charge in [0.15, 0.2) is 0 Å². The van der Waals surface area contributed by atoms with Crippen molar-refractivity contribution in [2.24, 2.45) is 0 Å². The molecule has 0 heterocycles. The molecule has 0 unspecified atom stereocenters. The highest BCUT2D eigenvalue weighted by atomic mass is 35.5. The Bertz CT molecular complexity index is 311. The van der Waals surface area contributed by atoms with Crippen LogP contribution in [-0.4, -0.2) is 17.8 Å². The number of carbonyl (C=O) groups is 1. The lowest BCUT2D eigenvalue weighted by molar-refractivity contribution is -0.120. The average molecular weight is 226 g/mol. The lowest BCUT2D eigenvalue weighted by atomic mass is 10.0. The molecule has 0 aromatic heterocycles. The molecule has 2 nitrogen and oxygen atoms in total. The summed E-state index contributed by atoms with van der Waals surface area (Å²) in [6, 6.07) is 10.1. The molecule has 0 spiro atoms. The van der Waals surface area contributed by atoms with Crippen molar-refractivity contribution in [2.75, 3.05) is 6.54 Å². The van der Waals surface area contributed by atoms with E-state index in [1.54, 1.807) is 6.92 Å². The number of rotatable bonds is 4. The van der Waals surface area contributed by atoms with Gasteiger partial charge in [0.25, 0.3) is 0 Å². The smallest absolute Gasteiger partial charge is 0.237 e. The third-order valence-electron chi connectivity index (χ3n) is 2.31. The quantitative estimate of drug-likeness (QED) is 0.784.